The molecule has 2 aromatic carbocycles. The van der Waals surface area contributed by atoms with E-state index >= 15 is 0 Å². The van der Waals surface area contributed by atoms with Crippen LogP contribution >= 0.6 is 0 Å². The van der Waals surface area contributed by atoms with Gasteiger partial charge in [-0.05, 0) is 24.6 Å². The van der Waals surface area contributed by atoms with Crippen LogP contribution in [0.4, 0.5) is 9.18 Å². The first-order valence-electron chi connectivity index (χ1n) is 7.41. The highest BCUT2D eigenvalue weighted by Gasteiger charge is 2.49. The molecule has 0 radical (unpaired) electrons. The molecule has 0 unspecified atom stereocenters. The summed E-state index contributed by atoms with van der Waals surface area (Å²) in [5, 5.41) is 2.61. The number of urea groups is 1. The number of hydrogen-bond donors (Lipinski definition) is 1. The van der Waals surface area contributed by atoms with Gasteiger partial charge in [0.05, 0.1) is 12.1 Å². The first-order chi connectivity index (χ1) is 11.4. The van der Waals surface area contributed by atoms with Gasteiger partial charge in [0.25, 0.3) is 5.91 Å². The zero-order valence-corrected chi connectivity index (χ0v) is 13.0. The monoisotopic (exact) mass is 326 g/mol. The minimum atomic E-state index is -1.24. The number of imide groups is 1. The van der Waals surface area contributed by atoms with Gasteiger partial charge >= 0.3 is 6.03 Å². The van der Waals surface area contributed by atoms with Crippen molar-refractivity contribution in [3.05, 3.63) is 71.5 Å². The zero-order chi connectivity index (χ0) is 17.3. The Hall–Kier alpha value is -3.02. The zero-order valence-electron chi connectivity index (χ0n) is 13.0. The third-order valence-electron chi connectivity index (χ3n) is 4.10. The van der Waals surface area contributed by atoms with Crippen molar-refractivity contribution in [1.29, 1.82) is 0 Å². The normalized spacial score (nSPS) is 20.2. The van der Waals surface area contributed by atoms with Crippen molar-refractivity contribution >= 4 is 17.7 Å². The summed E-state index contributed by atoms with van der Waals surface area (Å²) in [6.07, 6.45) is 0. The number of ketones is 1. The van der Waals surface area contributed by atoms with Gasteiger partial charge in [0.1, 0.15) is 11.4 Å². The van der Waals surface area contributed by atoms with Crippen LogP contribution in [0.25, 0.3) is 0 Å². The maximum absolute atomic E-state index is 13.7. The predicted octanol–water partition coefficient (Wildman–Crippen LogP) is 2.48. The summed E-state index contributed by atoms with van der Waals surface area (Å²) in [5.41, 5.74) is -0.774. The Morgan fingerprint density at radius 3 is 2.38 bits per heavy atom. The van der Waals surface area contributed by atoms with Gasteiger partial charge in [-0.25, -0.2) is 9.18 Å². The van der Waals surface area contributed by atoms with Crippen LogP contribution in [0.15, 0.2) is 54.6 Å². The fourth-order valence-electron chi connectivity index (χ4n) is 2.72. The maximum atomic E-state index is 13.7. The Labute approximate surface area is 138 Å². The van der Waals surface area contributed by atoms with Gasteiger partial charge in [-0.3, -0.25) is 14.5 Å². The van der Waals surface area contributed by atoms with Crippen LogP contribution in [0.3, 0.4) is 0 Å². The van der Waals surface area contributed by atoms with Gasteiger partial charge in [-0.2, -0.15) is 0 Å². The lowest BCUT2D eigenvalue weighted by Gasteiger charge is -2.22. The fraction of sp³-hybridized carbons (Fsp3) is 0.167. The molecule has 24 heavy (non-hydrogen) atoms. The van der Waals surface area contributed by atoms with Gasteiger partial charge in [-0.15, -0.1) is 0 Å². The highest BCUT2D eigenvalue weighted by molar-refractivity contribution is 6.11. The standard InChI is InChI=1S/C18H15FN2O3/c1-18(12-7-3-2-4-8-12)16(23)21(17(24)20-18)11-15(22)13-9-5-6-10-14(13)19/h2-10H,11H2,1H3,(H,20,24)/t18-/m0/s1. The lowest BCUT2D eigenvalue weighted by molar-refractivity contribution is -0.130. The number of carbonyl (C=O) groups excluding carboxylic acids is 3. The first kappa shape index (κ1) is 15.9. The second-order valence-electron chi connectivity index (χ2n) is 5.72. The molecule has 6 heteroatoms. The molecule has 1 atom stereocenters. The minimum absolute atomic E-state index is 0.147. The van der Waals surface area contributed by atoms with E-state index in [0.29, 0.717) is 5.56 Å². The number of carbonyl (C=O) groups is 3. The van der Waals surface area contributed by atoms with E-state index in [1.807, 2.05) is 0 Å². The van der Waals surface area contributed by atoms with E-state index in [1.54, 1.807) is 37.3 Å². The molecule has 0 aromatic heterocycles. The molecule has 1 saturated heterocycles. The molecule has 1 fully saturated rings. The molecule has 1 N–H and O–H groups in total. The second-order valence-corrected chi connectivity index (χ2v) is 5.72. The second kappa shape index (κ2) is 5.88. The summed E-state index contributed by atoms with van der Waals surface area (Å²) in [5.74, 6) is -1.85. The Morgan fingerprint density at radius 1 is 1.08 bits per heavy atom. The van der Waals surface area contributed by atoms with Crippen LogP contribution in [0.5, 0.6) is 0 Å². The highest BCUT2D eigenvalue weighted by atomic mass is 19.1. The smallest absolute Gasteiger partial charge is 0.319 e. The minimum Gasteiger partial charge on any atom is -0.319 e. The summed E-state index contributed by atoms with van der Waals surface area (Å²) < 4.78 is 13.7. The van der Waals surface area contributed by atoms with Crippen molar-refractivity contribution in [2.45, 2.75) is 12.5 Å². The predicted molar refractivity (Wildman–Crippen MR) is 84.8 cm³/mol. The van der Waals surface area contributed by atoms with E-state index in [0.717, 1.165) is 11.0 Å². The molecule has 2 aromatic rings. The number of hydrogen-bond acceptors (Lipinski definition) is 3. The van der Waals surface area contributed by atoms with Crippen molar-refractivity contribution in [2.75, 3.05) is 6.54 Å². The Balaban J connectivity index is 1.85. The summed E-state index contributed by atoms with van der Waals surface area (Å²) >= 11 is 0. The van der Waals surface area contributed by atoms with Crippen LogP contribution in [0.1, 0.15) is 22.8 Å². The molecule has 0 bridgehead atoms. The van der Waals surface area contributed by atoms with Crippen LogP contribution in [0, 0.1) is 5.82 Å². The van der Waals surface area contributed by atoms with E-state index in [4.69, 9.17) is 0 Å². The van der Waals surface area contributed by atoms with Gasteiger partial charge < -0.3 is 5.32 Å². The summed E-state index contributed by atoms with van der Waals surface area (Å²) in [4.78, 5) is 37.9. The molecule has 1 heterocycles. The van der Waals surface area contributed by atoms with Gasteiger partial charge in [0, 0.05) is 0 Å². The number of benzene rings is 2. The summed E-state index contributed by atoms with van der Waals surface area (Å²) in [7, 11) is 0. The molecule has 3 rings (SSSR count). The van der Waals surface area contributed by atoms with E-state index in [-0.39, 0.29) is 5.56 Å². The molecule has 0 aliphatic carbocycles. The third-order valence-corrected chi connectivity index (χ3v) is 4.10. The number of rotatable bonds is 4. The average molecular weight is 326 g/mol. The Bertz CT molecular complexity index is 822. The Morgan fingerprint density at radius 2 is 1.71 bits per heavy atom. The maximum Gasteiger partial charge on any atom is 0.325 e. The Kier molecular flexibility index (Phi) is 3.89. The van der Waals surface area contributed by atoms with Crippen molar-refractivity contribution in [3.8, 4) is 0 Å². The molecule has 0 spiro atoms. The molecule has 3 amide bonds. The molecule has 1 aliphatic heterocycles. The molecular weight excluding hydrogens is 311 g/mol. The van der Waals surface area contributed by atoms with Crippen molar-refractivity contribution in [3.63, 3.8) is 0 Å². The van der Waals surface area contributed by atoms with Gasteiger partial charge in [-0.1, -0.05) is 42.5 Å². The number of halogens is 1. The highest BCUT2D eigenvalue weighted by Crippen LogP contribution is 2.28. The van der Waals surface area contributed by atoms with E-state index in [1.165, 1.54) is 18.2 Å². The van der Waals surface area contributed by atoms with Crippen molar-refractivity contribution in [2.24, 2.45) is 0 Å². The molecule has 1 aliphatic rings. The largest absolute Gasteiger partial charge is 0.325 e. The van der Waals surface area contributed by atoms with E-state index in [9.17, 15) is 18.8 Å². The van der Waals surface area contributed by atoms with Crippen LogP contribution < -0.4 is 5.32 Å². The van der Waals surface area contributed by atoms with Crippen LogP contribution in [-0.2, 0) is 10.3 Å². The molecule has 0 saturated carbocycles. The molecule has 5 nitrogen and oxygen atoms in total. The number of nitrogens with one attached hydrogen (secondary N) is 1. The molecular formula is C18H15FN2O3. The lowest BCUT2D eigenvalue weighted by atomic mass is 9.92. The first-order valence-corrected chi connectivity index (χ1v) is 7.41. The fourth-order valence-corrected chi connectivity index (χ4v) is 2.72. The van der Waals surface area contributed by atoms with Gasteiger partial charge in [0.15, 0.2) is 5.78 Å². The summed E-state index contributed by atoms with van der Waals surface area (Å²) in [6, 6.07) is 13.6. The van der Waals surface area contributed by atoms with Crippen LogP contribution in [-0.4, -0.2) is 29.2 Å². The topological polar surface area (TPSA) is 66.5 Å². The quantitative estimate of drug-likeness (QED) is 0.693. The summed E-state index contributed by atoms with van der Waals surface area (Å²) in [6.45, 7) is 1.07. The number of amides is 3. The third kappa shape index (κ3) is 2.56. The van der Waals surface area contributed by atoms with Crippen molar-refractivity contribution < 1.29 is 18.8 Å². The van der Waals surface area contributed by atoms with E-state index < -0.39 is 35.6 Å². The SMILES string of the molecule is C[C@@]1(c2ccccc2)NC(=O)N(CC(=O)c2ccccc2F)C1=O. The van der Waals surface area contributed by atoms with Crippen molar-refractivity contribution in [1.82, 2.24) is 10.2 Å². The number of nitrogens with zero attached hydrogens (tertiary/aromatic N) is 1. The number of Topliss-reactive ketones (excluding diaryl/α,β-unsaturated/α-hetero) is 1. The molecule has 122 valence electrons. The average Bonchev–Trinajstić information content (AvgIpc) is 2.80. The van der Waals surface area contributed by atoms with E-state index in [2.05, 4.69) is 5.32 Å². The van der Waals surface area contributed by atoms with Crippen LogP contribution in [0.2, 0.25) is 0 Å². The van der Waals surface area contributed by atoms with Gasteiger partial charge in [0.2, 0.25) is 0 Å². The lowest BCUT2D eigenvalue weighted by Crippen LogP contribution is -2.41.